The second-order valence-corrected chi connectivity index (χ2v) is 5.71. The number of carboxylic acids is 1. The number of carboxylic acid groups (broad SMARTS) is 1. The Kier molecular flexibility index (Phi) is 6.10. The van der Waals surface area contributed by atoms with E-state index in [-0.39, 0.29) is 18.5 Å². The molecule has 1 aromatic carbocycles. The van der Waals surface area contributed by atoms with E-state index in [1.807, 2.05) is 0 Å². The van der Waals surface area contributed by atoms with Crippen LogP contribution >= 0.6 is 0 Å². The SMILES string of the molecule is CC(C)(C)OC(=O)NCC=Cc1ccc(F)c(CC(=O)O)c1. The molecule has 0 saturated carbocycles. The van der Waals surface area contributed by atoms with Gasteiger partial charge in [-0.15, -0.1) is 0 Å². The number of hydrogen-bond acceptors (Lipinski definition) is 3. The second kappa shape index (κ2) is 7.59. The van der Waals surface area contributed by atoms with Crippen LogP contribution in [0.3, 0.4) is 0 Å². The zero-order valence-electron chi connectivity index (χ0n) is 12.9. The smallest absolute Gasteiger partial charge is 0.407 e. The number of nitrogens with one attached hydrogen (secondary N) is 1. The van der Waals surface area contributed by atoms with Crippen LogP contribution in [-0.2, 0) is 16.0 Å². The molecule has 0 saturated heterocycles. The Bertz CT molecular complexity index is 576. The molecule has 1 aromatic rings. The number of amides is 1. The summed E-state index contributed by atoms with van der Waals surface area (Å²) in [5, 5.41) is 11.3. The Balaban J connectivity index is 2.56. The van der Waals surface area contributed by atoms with Gasteiger partial charge in [0.25, 0.3) is 0 Å². The number of ether oxygens (including phenoxy) is 1. The summed E-state index contributed by atoms with van der Waals surface area (Å²) < 4.78 is 18.5. The Morgan fingerprint density at radius 3 is 2.64 bits per heavy atom. The molecule has 5 nitrogen and oxygen atoms in total. The fraction of sp³-hybridized carbons (Fsp3) is 0.375. The van der Waals surface area contributed by atoms with E-state index in [0.29, 0.717) is 5.56 Å². The Labute approximate surface area is 128 Å². The number of halogens is 1. The number of rotatable bonds is 5. The van der Waals surface area contributed by atoms with Crippen molar-refractivity contribution in [3.8, 4) is 0 Å². The van der Waals surface area contributed by atoms with E-state index >= 15 is 0 Å². The molecule has 6 heteroatoms. The number of hydrogen-bond donors (Lipinski definition) is 2. The molecule has 0 atom stereocenters. The molecule has 22 heavy (non-hydrogen) atoms. The molecule has 0 unspecified atom stereocenters. The van der Waals surface area contributed by atoms with Crippen molar-refractivity contribution in [3.05, 3.63) is 41.2 Å². The van der Waals surface area contributed by atoms with Crippen LogP contribution in [0.4, 0.5) is 9.18 Å². The average molecular weight is 309 g/mol. The van der Waals surface area contributed by atoms with Crippen molar-refractivity contribution in [2.75, 3.05) is 6.54 Å². The number of carbonyl (C=O) groups is 2. The minimum Gasteiger partial charge on any atom is -0.481 e. The zero-order chi connectivity index (χ0) is 16.8. The van der Waals surface area contributed by atoms with Gasteiger partial charge in [0.05, 0.1) is 6.42 Å². The van der Waals surface area contributed by atoms with Gasteiger partial charge in [0.15, 0.2) is 0 Å². The third-order valence-electron chi connectivity index (χ3n) is 2.48. The summed E-state index contributed by atoms with van der Waals surface area (Å²) in [4.78, 5) is 22.0. The van der Waals surface area contributed by atoms with Crippen LogP contribution in [0, 0.1) is 5.82 Å². The number of benzene rings is 1. The molecule has 0 spiro atoms. The van der Waals surface area contributed by atoms with E-state index in [1.165, 1.54) is 18.2 Å². The molecule has 0 fully saturated rings. The van der Waals surface area contributed by atoms with Crippen LogP contribution in [0.5, 0.6) is 0 Å². The van der Waals surface area contributed by atoms with Gasteiger partial charge in [-0.2, -0.15) is 0 Å². The highest BCUT2D eigenvalue weighted by Gasteiger charge is 2.15. The van der Waals surface area contributed by atoms with Gasteiger partial charge >= 0.3 is 12.1 Å². The van der Waals surface area contributed by atoms with Gasteiger partial charge in [0.2, 0.25) is 0 Å². The quantitative estimate of drug-likeness (QED) is 0.876. The first-order valence-corrected chi connectivity index (χ1v) is 6.81. The van der Waals surface area contributed by atoms with E-state index in [9.17, 15) is 14.0 Å². The van der Waals surface area contributed by atoms with Crippen LogP contribution < -0.4 is 5.32 Å². The largest absolute Gasteiger partial charge is 0.481 e. The first-order chi connectivity index (χ1) is 10.2. The van der Waals surface area contributed by atoms with Crippen molar-refractivity contribution in [1.29, 1.82) is 0 Å². The first-order valence-electron chi connectivity index (χ1n) is 6.81. The molecule has 1 amide bonds. The lowest BCUT2D eigenvalue weighted by molar-refractivity contribution is -0.136. The van der Waals surface area contributed by atoms with Gasteiger partial charge in [-0.05, 0) is 44.0 Å². The molecule has 0 bridgehead atoms. The van der Waals surface area contributed by atoms with Crippen LogP contribution in [0.15, 0.2) is 24.3 Å². The van der Waals surface area contributed by atoms with Gasteiger partial charge in [0, 0.05) is 6.54 Å². The highest BCUT2D eigenvalue weighted by atomic mass is 19.1. The predicted molar refractivity (Wildman–Crippen MR) is 81.0 cm³/mol. The maximum absolute atomic E-state index is 13.4. The standard InChI is InChI=1S/C16H20FNO4/c1-16(2,3)22-15(21)18-8-4-5-11-6-7-13(17)12(9-11)10-14(19)20/h4-7,9H,8,10H2,1-3H3,(H,18,21)(H,19,20). The van der Waals surface area contributed by atoms with Crippen LogP contribution in [0.1, 0.15) is 31.9 Å². The molecule has 0 aromatic heterocycles. The molecule has 0 heterocycles. The molecule has 1 rings (SSSR count). The van der Waals surface area contributed by atoms with Crippen molar-refractivity contribution in [3.63, 3.8) is 0 Å². The van der Waals surface area contributed by atoms with Crippen molar-refractivity contribution in [1.82, 2.24) is 5.32 Å². The Hall–Kier alpha value is -2.37. The normalized spacial score (nSPS) is 11.5. The maximum atomic E-state index is 13.4. The average Bonchev–Trinajstić information content (AvgIpc) is 2.35. The first kappa shape index (κ1) is 17.7. The fourth-order valence-electron chi connectivity index (χ4n) is 1.65. The minimum absolute atomic E-state index is 0.120. The molecule has 0 radical (unpaired) electrons. The third-order valence-corrected chi connectivity index (χ3v) is 2.48. The number of carbonyl (C=O) groups excluding carboxylic acids is 1. The molecular weight excluding hydrogens is 289 g/mol. The highest BCUT2D eigenvalue weighted by molar-refractivity contribution is 5.71. The highest BCUT2D eigenvalue weighted by Crippen LogP contribution is 2.13. The molecule has 120 valence electrons. The van der Waals surface area contributed by atoms with Gasteiger partial charge < -0.3 is 15.2 Å². The molecule has 0 aliphatic carbocycles. The maximum Gasteiger partial charge on any atom is 0.407 e. The molecule has 0 aliphatic heterocycles. The second-order valence-electron chi connectivity index (χ2n) is 5.71. The number of aliphatic carboxylic acids is 1. The third kappa shape index (κ3) is 6.88. The van der Waals surface area contributed by atoms with Gasteiger partial charge in [0.1, 0.15) is 11.4 Å². The van der Waals surface area contributed by atoms with Gasteiger partial charge in [-0.25, -0.2) is 9.18 Å². The topological polar surface area (TPSA) is 75.6 Å². The summed E-state index contributed by atoms with van der Waals surface area (Å²) >= 11 is 0. The summed E-state index contributed by atoms with van der Waals surface area (Å²) in [7, 11) is 0. The minimum atomic E-state index is -1.09. The van der Waals surface area contributed by atoms with Crippen LogP contribution in [-0.4, -0.2) is 29.3 Å². The van der Waals surface area contributed by atoms with Crippen LogP contribution in [0.25, 0.3) is 6.08 Å². The van der Waals surface area contributed by atoms with Crippen molar-refractivity contribution >= 4 is 18.1 Å². The fourth-order valence-corrected chi connectivity index (χ4v) is 1.65. The van der Waals surface area contributed by atoms with E-state index in [2.05, 4.69) is 5.32 Å². The summed E-state index contributed by atoms with van der Waals surface area (Å²) in [6.07, 6.45) is 2.44. The molecular formula is C16H20FNO4. The lowest BCUT2D eigenvalue weighted by atomic mass is 10.1. The van der Waals surface area contributed by atoms with Crippen molar-refractivity contribution in [2.24, 2.45) is 0 Å². The van der Waals surface area contributed by atoms with E-state index in [4.69, 9.17) is 9.84 Å². The molecule has 2 N–H and O–H groups in total. The lowest BCUT2D eigenvalue weighted by Gasteiger charge is -2.19. The summed E-state index contributed by atoms with van der Waals surface area (Å²) in [6, 6.07) is 4.22. The lowest BCUT2D eigenvalue weighted by Crippen LogP contribution is -2.32. The van der Waals surface area contributed by atoms with E-state index in [1.54, 1.807) is 32.9 Å². The van der Waals surface area contributed by atoms with Crippen LogP contribution in [0.2, 0.25) is 0 Å². The zero-order valence-corrected chi connectivity index (χ0v) is 12.9. The van der Waals surface area contributed by atoms with Crippen molar-refractivity contribution < 1.29 is 23.8 Å². The summed E-state index contributed by atoms with van der Waals surface area (Å²) in [6.45, 7) is 5.56. The summed E-state index contributed by atoms with van der Waals surface area (Å²) in [5.41, 5.74) is 0.217. The summed E-state index contributed by atoms with van der Waals surface area (Å²) in [5.74, 6) is -1.64. The monoisotopic (exact) mass is 309 g/mol. The molecule has 0 aliphatic rings. The Morgan fingerprint density at radius 1 is 1.36 bits per heavy atom. The number of alkyl carbamates (subject to hydrolysis) is 1. The van der Waals surface area contributed by atoms with E-state index in [0.717, 1.165) is 0 Å². The van der Waals surface area contributed by atoms with E-state index < -0.39 is 23.5 Å². The van der Waals surface area contributed by atoms with Crippen molar-refractivity contribution in [2.45, 2.75) is 32.8 Å². The Morgan fingerprint density at radius 2 is 2.05 bits per heavy atom. The predicted octanol–water partition coefficient (Wildman–Crippen LogP) is 2.99. The van der Waals surface area contributed by atoms with Gasteiger partial charge in [-0.1, -0.05) is 18.2 Å². The van der Waals surface area contributed by atoms with Gasteiger partial charge in [-0.3, -0.25) is 4.79 Å².